The molecule has 0 fully saturated rings. The molecule has 2 aromatic heterocycles. The third kappa shape index (κ3) is 13.0. The van der Waals surface area contributed by atoms with E-state index in [1.807, 2.05) is 98.0 Å². The van der Waals surface area contributed by atoms with Gasteiger partial charge >= 0.3 is 12.1 Å². The highest BCUT2D eigenvalue weighted by Crippen LogP contribution is 2.27. The summed E-state index contributed by atoms with van der Waals surface area (Å²) in [5.74, 6) is -3.26. The van der Waals surface area contributed by atoms with Crippen LogP contribution >= 0.6 is 0 Å². The van der Waals surface area contributed by atoms with Crippen LogP contribution in [-0.4, -0.2) is 73.2 Å². The number of carbonyl (C=O) groups excluding carboxylic acids is 5. The van der Waals surface area contributed by atoms with Gasteiger partial charge in [0.1, 0.15) is 24.8 Å². The van der Waals surface area contributed by atoms with Crippen LogP contribution < -0.4 is 21.7 Å². The third-order valence-corrected chi connectivity index (χ3v) is 9.59. The van der Waals surface area contributed by atoms with Gasteiger partial charge in [-0.25, -0.2) is 9.48 Å². The Morgan fingerprint density at radius 1 is 0.881 bits per heavy atom. The molecule has 16 heteroatoms. The van der Waals surface area contributed by atoms with Gasteiger partial charge in [-0.1, -0.05) is 98.6 Å². The Balaban J connectivity index is 1.45. The number of rotatable bonds is 20. The van der Waals surface area contributed by atoms with Gasteiger partial charge < -0.3 is 36.1 Å². The number of unbranched alkanes of at least 4 members (excludes halogenated alkanes) is 1. The molecule has 0 saturated heterocycles. The molecule has 3 aromatic carbocycles. The normalized spacial score (nSPS) is 13.4. The topological polar surface area (TPSA) is 225 Å². The SMILES string of the molecule is CCCC[C@@H](C(=O)N[C@@H](CC(=O)OCc1ccccc1)[C@@H](Cc1ccccc1)C(N)=O)n1nnnc1[C@H](Cc1c[nH]c2ccccc12)NC(=O)CNC(=O)OC(C)(C)C. The lowest BCUT2D eigenvalue weighted by atomic mass is 9.89. The van der Waals surface area contributed by atoms with Gasteiger partial charge in [0, 0.05) is 23.5 Å². The fourth-order valence-corrected chi connectivity index (χ4v) is 6.71. The quantitative estimate of drug-likeness (QED) is 0.0677. The molecular weight excluding hydrogens is 755 g/mol. The first kappa shape index (κ1) is 43.5. The summed E-state index contributed by atoms with van der Waals surface area (Å²) >= 11 is 0. The Morgan fingerprint density at radius 3 is 2.24 bits per heavy atom. The molecule has 16 nitrogen and oxygen atoms in total. The minimum absolute atomic E-state index is 0.00417. The molecule has 5 aromatic rings. The number of nitrogens with one attached hydrogen (secondary N) is 4. The molecule has 5 rings (SSSR count). The molecule has 0 aliphatic rings. The maximum Gasteiger partial charge on any atom is 0.408 e. The van der Waals surface area contributed by atoms with Crippen LogP contribution in [0.25, 0.3) is 10.9 Å². The second-order valence-corrected chi connectivity index (χ2v) is 15.3. The molecule has 6 N–H and O–H groups in total. The van der Waals surface area contributed by atoms with Crippen LogP contribution in [-0.2, 0) is 48.1 Å². The Bertz CT molecular complexity index is 2170. The molecule has 4 amide bonds. The monoisotopic (exact) mass is 807 g/mol. The van der Waals surface area contributed by atoms with E-state index in [1.165, 1.54) is 4.68 Å². The molecule has 0 unspecified atom stereocenters. The van der Waals surface area contributed by atoms with Crippen molar-refractivity contribution in [3.05, 3.63) is 114 Å². The molecule has 0 aliphatic carbocycles. The number of aromatic nitrogens is 5. The van der Waals surface area contributed by atoms with Gasteiger partial charge in [0.15, 0.2) is 5.82 Å². The number of ether oxygens (including phenoxy) is 2. The summed E-state index contributed by atoms with van der Waals surface area (Å²) in [5, 5.41) is 21.8. The fourth-order valence-electron chi connectivity index (χ4n) is 6.71. The van der Waals surface area contributed by atoms with E-state index in [2.05, 4.69) is 36.5 Å². The number of amides is 4. The number of hydrogen-bond acceptors (Lipinski definition) is 10. The standard InChI is InChI=1S/C43H53N9O7/c1-5-6-21-36(41(56)48-34(24-38(54)58-27-29-17-11-8-12-18-29)32(39(44)55)22-28-15-9-7-10-16-28)52-40(49-50-51-52)35(23-30-25-45-33-20-14-13-19-31(30)33)47-37(53)26-46-42(57)59-43(2,3)4/h7-20,25,32,34-36,45H,5-6,21-24,26-27H2,1-4H3,(H2,44,55)(H,46,57)(H,47,53)(H,48,56)/t32-,34+,35+,36+/m1/s1. The summed E-state index contributed by atoms with van der Waals surface area (Å²) in [4.78, 5) is 70.2. The van der Waals surface area contributed by atoms with E-state index in [0.29, 0.717) is 6.42 Å². The van der Waals surface area contributed by atoms with Crippen molar-refractivity contribution in [3.63, 3.8) is 0 Å². The zero-order valence-corrected chi connectivity index (χ0v) is 33.9. The van der Waals surface area contributed by atoms with Gasteiger partial charge in [-0.05, 0) is 66.8 Å². The van der Waals surface area contributed by atoms with Gasteiger partial charge in [0.05, 0.1) is 24.4 Å². The number of fused-ring (bicyclic) bond motifs is 1. The minimum atomic E-state index is -1.06. The van der Waals surface area contributed by atoms with Crippen LogP contribution in [0.3, 0.4) is 0 Å². The maximum absolute atomic E-state index is 14.6. The van der Waals surface area contributed by atoms with Crippen molar-refractivity contribution in [2.24, 2.45) is 11.7 Å². The predicted molar refractivity (Wildman–Crippen MR) is 219 cm³/mol. The van der Waals surface area contributed by atoms with Gasteiger partial charge in [-0.15, -0.1) is 5.10 Å². The molecule has 0 spiro atoms. The van der Waals surface area contributed by atoms with Crippen molar-refractivity contribution in [3.8, 4) is 0 Å². The Hall–Kier alpha value is -6.58. The summed E-state index contributed by atoms with van der Waals surface area (Å²) in [6, 6.07) is 23.0. The number of alkyl carbamates (subject to hydrolysis) is 1. The van der Waals surface area contributed by atoms with Crippen molar-refractivity contribution in [2.75, 3.05) is 6.54 Å². The molecule has 0 radical (unpaired) electrons. The number of aromatic amines is 1. The number of hydrogen-bond donors (Lipinski definition) is 5. The second-order valence-electron chi connectivity index (χ2n) is 15.3. The van der Waals surface area contributed by atoms with Gasteiger partial charge in [-0.2, -0.15) is 0 Å². The number of nitrogens with two attached hydrogens (primary N) is 1. The van der Waals surface area contributed by atoms with Crippen molar-refractivity contribution in [1.29, 1.82) is 0 Å². The zero-order chi connectivity index (χ0) is 42.4. The molecule has 2 heterocycles. The van der Waals surface area contributed by atoms with E-state index in [-0.39, 0.29) is 38.1 Å². The van der Waals surface area contributed by atoms with Crippen molar-refractivity contribution >= 4 is 40.7 Å². The van der Waals surface area contributed by atoms with E-state index in [1.54, 1.807) is 20.8 Å². The van der Waals surface area contributed by atoms with Crippen molar-refractivity contribution < 1.29 is 33.4 Å². The van der Waals surface area contributed by atoms with Crippen LogP contribution in [0.5, 0.6) is 0 Å². The van der Waals surface area contributed by atoms with E-state index in [9.17, 15) is 24.0 Å². The molecule has 59 heavy (non-hydrogen) atoms. The summed E-state index contributed by atoms with van der Waals surface area (Å²) < 4.78 is 12.3. The highest BCUT2D eigenvalue weighted by molar-refractivity contribution is 5.86. The maximum atomic E-state index is 14.6. The number of esters is 1. The third-order valence-electron chi connectivity index (χ3n) is 9.59. The number of tetrazole rings is 1. The predicted octanol–water partition coefficient (Wildman–Crippen LogP) is 4.77. The molecule has 4 atom stereocenters. The average Bonchev–Trinajstić information content (AvgIpc) is 3.86. The van der Waals surface area contributed by atoms with Crippen LogP contribution in [0.4, 0.5) is 4.79 Å². The molecule has 312 valence electrons. The van der Waals surface area contributed by atoms with E-state index in [0.717, 1.165) is 34.0 Å². The number of H-pyrrole nitrogens is 1. The van der Waals surface area contributed by atoms with Crippen LogP contribution in [0.2, 0.25) is 0 Å². The number of benzene rings is 3. The first-order chi connectivity index (χ1) is 28.3. The van der Waals surface area contributed by atoms with E-state index < -0.39 is 66.0 Å². The number of para-hydroxylation sites is 1. The van der Waals surface area contributed by atoms with Crippen molar-refractivity contribution in [1.82, 2.24) is 41.1 Å². The summed E-state index contributed by atoms with van der Waals surface area (Å²) in [6.07, 6.45) is 2.67. The summed E-state index contributed by atoms with van der Waals surface area (Å²) in [5.41, 5.74) is 8.50. The largest absolute Gasteiger partial charge is 0.461 e. The molecule has 0 bridgehead atoms. The first-order valence-corrected chi connectivity index (χ1v) is 19.7. The van der Waals surface area contributed by atoms with Crippen molar-refractivity contribution in [2.45, 2.75) is 96.6 Å². The second kappa shape index (κ2) is 20.7. The Kier molecular flexibility index (Phi) is 15.3. The summed E-state index contributed by atoms with van der Waals surface area (Å²) in [6.45, 7) is 6.72. The van der Waals surface area contributed by atoms with Gasteiger partial charge in [0.2, 0.25) is 17.7 Å². The number of nitrogens with zero attached hydrogens (tertiary/aromatic N) is 4. The Morgan fingerprint density at radius 2 is 1.56 bits per heavy atom. The van der Waals surface area contributed by atoms with Crippen LogP contribution in [0, 0.1) is 5.92 Å². The highest BCUT2D eigenvalue weighted by atomic mass is 16.6. The lowest BCUT2D eigenvalue weighted by molar-refractivity contribution is -0.146. The summed E-state index contributed by atoms with van der Waals surface area (Å²) in [7, 11) is 0. The van der Waals surface area contributed by atoms with E-state index in [4.69, 9.17) is 15.2 Å². The van der Waals surface area contributed by atoms with Gasteiger partial charge in [-0.3, -0.25) is 19.2 Å². The average molecular weight is 808 g/mol. The first-order valence-electron chi connectivity index (χ1n) is 19.7. The number of carbonyl (C=O) groups is 5. The Labute approximate surface area is 343 Å². The van der Waals surface area contributed by atoms with Crippen LogP contribution in [0.1, 0.15) is 88.0 Å². The molecule has 0 saturated carbocycles. The fraction of sp³-hybridized carbons (Fsp3) is 0.395. The smallest absolute Gasteiger partial charge is 0.408 e. The number of primary amides is 1. The molecular formula is C43H53N9O7. The lowest BCUT2D eigenvalue weighted by Gasteiger charge is -2.28. The minimum Gasteiger partial charge on any atom is -0.461 e. The highest BCUT2D eigenvalue weighted by Gasteiger charge is 2.35. The lowest BCUT2D eigenvalue weighted by Crippen LogP contribution is -2.50. The van der Waals surface area contributed by atoms with Crippen LogP contribution in [0.15, 0.2) is 91.1 Å². The zero-order valence-electron chi connectivity index (χ0n) is 33.9. The molecule has 0 aliphatic heterocycles. The van der Waals surface area contributed by atoms with E-state index >= 15 is 0 Å². The van der Waals surface area contributed by atoms with Gasteiger partial charge in [0.25, 0.3) is 0 Å².